The zero-order valence-electron chi connectivity index (χ0n) is 17.6. The number of rotatable bonds is 10. The summed E-state index contributed by atoms with van der Waals surface area (Å²) in [4.78, 5) is 34.5. The van der Waals surface area contributed by atoms with Crippen molar-refractivity contribution in [3.63, 3.8) is 0 Å². The highest BCUT2D eigenvalue weighted by Crippen LogP contribution is 2.32. The van der Waals surface area contributed by atoms with Gasteiger partial charge in [-0.25, -0.2) is 4.98 Å². The summed E-state index contributed by atoms with van der Waals surface area (Å²) < 4.78 is 37.8. The van der Waals surface area contributed by atoms with Crippen LogP contribution in [0.1, 0.15) is 51.5 Å². The van der Waals surface area contributed by atoms with Crippen LogP contribution >= 0.6 is 11.8 Å². The molecule has 1 aliphatic carbocycles. The second-order valence-electron chi connectivity index (χ2n) is 7.23. The average molecular weight is 457 g/mol. The third kappa shape index (κ3) is 7.81. The molecule has 1 fully saturated rings. The maximum atomic E-state index is 12.7. The largest absolute Gasteiger partial charge is 0.417 e. The van der Waals surface area contributed by atoms with Crippen molar-refractivity contribution in [2.45, 2.75) is 57.2 Å². The Hall–Kier alpha value is -2.13. The Morgan fingerprint density at radius 2 is 2.00 bits per heavy atom. The number of nitrogens with one attached hydrogen (secondary N) is 1. The first-order chi connectivity index (χ1) is 14.8. The molecule has 2 rings (SSSR count). The first-order valence-corrected chi connectivity index (χ1v) is 11.2. The number of hydrogen-bond donors (Lipinski definition) is 1. The van der Waals surface area contributed by atoms with Crippen LogP contribution in [0.4, 0.5) is 13.2 Å². The number of pyridine rings is 1. The smallest absolute Gasteiger partial charge is 0.294 e. The van der Waals surface area contributed by atoms with Gasteiger partial charge < -0.3 is 0 Å². The van der Waals surface area contributed by atoms with Crippen LogP contribution in [0.15, 0.2) is 46.8 Å². The Kier molecular flexibility index (Phi) is 9.77. The number of hydroxylamine groups is 1. The third-order valence-electron chi connectivity index (χ3n) is 4.76. The zero-order valence-corrected chi connectivity index (χ0v) is 18.4. The van der Waals surface area contributed by atoms with E-state index >= 15 is 0 Å². The second kappa shape index (κ2) is 12.0. The van der Waals surface area contributed by atoms with Crippen molar-refractivity contribution in [1.29, 1.82) is 0 Å². The molecule has 1 aliphatic rings. The lowest BCUT2D eigenvalue weighted by atomic mass is 9.81. The Bertz CT molecular complexity index is 800. The van der Waals surface area contributed by atoms with Gasteiger partial charge in [-0.2, -0.15) is 13.2 Å². The van der Waals surface area contributed by atoms with E-state index in [1.807, 2.05) is 26.0 Å². The van der Waals surface area contributed by atoms with E-state index in [1.54, 1.807) is 0 Å². The molecule has 1 heterocycles. The number of Topliss-reactive ketones (excluding diaryl/α,β-unsaturated/α-hetero) is 2. The van der Waals surface area contributed by atoms with Crippen molar-refractivity contribution in [2.24, 2.45) is 5.92 Å². The quantitative estimate of drug-likeness (QED) is 0.129. The standard InChI is InChI=1S/C22H27F3N2O3S/c1-3-5-10-30-27-17(6-4-2)21-18(28)12-15(13-19(21)29)9-11-31-20-8-7-16(14-26-20)22(23,24)25/h3,5,7-8,14-15,27H,4,6,9-13H2,1-2H3. The molecule has 1 aromatic heterocycles. The van der Waals surface area contributed by atoms with E-state index in [2.05, 4.69) is 10.5 Å². The fourth-order valence-corrected chi connectivity index (χ4v) is 4.16. The van der Waals surface area contributed by atoms with E-state index in [-0.39, 0.29) is 35.9 Å². The summed E-state index contributed by atoms with van der Waals surface area (Å²) in [5.41, 5.74) is 2.72. The number of hydrogen-bond acceptors (Lipinski definition) is 6. The van der Waals surface area contributed by atoms with Crippen molar-refractivity contribution < 1.29 is 27.6 Å². The first-order valence-electron chi connectivity index (χ1n) is 10.2. The van der Waals surface area contributed by atoms with Crippen molar-refractivity contribution in [2.75, 3.05) is 12.4 Å². The fourth-order valence-electron chi connectivity index (χ4n) is 3.21. The first kappa shape index (κ1) is 25.1. The Labute approximate surface area is 184 Å². The summed E-state index contributed by atoms with van der Waals surface area (Å²) >= 11 is 1.31. The van der Waals surface area contributed by atoms with Crippen LogP contribution in [0.3, 0.4) is 0 Å². The maximum Gasteiger partial charge on any atom is 0.417 e. The van der Waals surface area contributed by atoms with Crippen LogP contribution in [0.25, 0.3) is 0 Å². The summed E-state index contributed by atoms with van der Waals surface area (Å²) in [6, 6.07) is 2.34. The van der Waals surface area contributed by atoms with Gasteiger partial charge in [0.2, 0.25) is 0 Å². The Balaban J connectivity index is 1.91. The molecule has 9 heteroatoms. The van der Waals surface area contributed by atoms with Gasteiger partial charge in [-0.1, -0.05) is 25.5 Å². The predicted molar refractivity (Wildman–Crippen MR) is 113 cm³/mol. The van der Waals surface area contributed by atoms with Crippen LogP contribution < -0.4 is 5.48 Å². The molecule has 0 amide bonds. The van der Waals surface area contributed by atoms with Crippen molar-refractivity contribution in [3.05, 3.63) is 47.3 Å². The van der Waals surface area contributed by atoms with E-state index < -0.39 is 11.7 Å². The highest BCUT2D eigenvalue weighted by Gasteiger charge is 2.33. The van der Waals surface area contributed by atoms with Gasteiger partial charge >= 0.3 is 6.18 Å². The molecule has 0 bridgehead atoms. The van der Waals surface area contributed by atoms with Gasteiger partial charge in [0.15, 0.2) is 11.6 Å². The Morgan fingerprint density at radius 3 is 2.55 bits per heavy atom. The minimum absolute atomic E-state index is 0.0856. The lowest BCUT2D eigenvalue weighted by Crippen LogP contribution is -2.30. The number of thioether (sulfide) groups is 1. The molecule has 31 heavy (non-hydrogen) atoms. The molecular formula is C22H27F3N2O3S. The molecule has 0 atom stereocenters. The number of aromatic nitrogens is 1. The van der Waals surface area contributed by atoms with E-state index in [0.29, 0.717) is 35.9 Å². The lowest BCUT2D eigenvalue weighted by molar-refractivity contribution is -0.138. The normalized spacial score (nSPS) is 17.5. The van der Waals surface area contributed by atoms with Gasteiger partial charge in [0.1, 0.15) is 0 Å². The molecule has 1 N–H and O–H groups in total. The number of halogens is 3. The molecular weight excluding hydrogens is 429 g/mol. The topological polar surface area (TPSA) is 68.3 Å². The van der Waals surface area contributed by atoms with Gasteiger partial charge in [0, 0.05) is 19.0 Å². The van der Waals surface area contributed by atoms with Crippen LogP contribution in [-0.4, -0.2) is 28.9 Å². The zero-order chi connectivity index (χ0) is 22.9. The van der Waals surface area contributed by atoms with Gasteiger partial charge in [-0.3, -0.25) is 19.9 Å². The van der Waals surface area contributed by atoms with Gasteiger partial charge in [-0.05, 0) is 43.6 Å². The van der Waals surface area contributed by atoms with Gasteiger partial charge in [0.05, 0.1) is 28.5 Å². The molecule has 0 saturated heterocycles. The Morgan fingerprint density at radius 1 is 1.29 bits per heavy atom. The highest BCUT2D eigenvalue weighted by atomic mass is 32.2. The van der Waals surface area contributed by atoms with Crippen molar-refractivity contribution >= 4 is 23.3 Å². The molecule has 0 aromatic carbocycles. The van der Waals surface area contributed by atoms with Gasteiger partial charge in [0.25, 0.3) is 0 Å². The minimum atomic E-state index is -4.41. The van der Waals surface area contributed by atoms with E-state index in [1.165, 1.54) is 17.8 Å². The summed E-state index contributed by atoms with van der Waals surface area (Å²) in [5.74, 6) is 0.0984. The van der Waals surface area contributed by atoms with Crippen molar-refractivity contribution in [1.82, 2.24) is 10.5 Å². The molecule has 0 unspecified atom stereocenters. The summed E-state index contributed by atoms with van der Waals surface area (Å²) in [6.07, 6.45) is 2.51. The van der Waals surface area contributed by atoms with Crippen LogP contribution in [0.5, 0.6) is 0 Å². The fraction of sp³-hybridized carbons (Fsp3) is 0.500. The second-order valence-corrected chi connectivity index (χ2v) is 8.34. The average Bonchev–Trinajstić information content (AvgIpc) is 2.70. The molecule has 0 spiro atoms. The molecule has 170 valence electrons. The maximum absolute atomic E-state index is 12.7. The number of alkyl halides is 3. The molecule has 1 aromatic rings. The summed E-state index contributed by atoms with van der Waals surface area (Å²) in [6.45, 7) is 4.16. The van der Waals surface area contributed by atoms with E-state index in [0.717, 1.165) is 18.7 Å². The highest BCUT2D eigenvalue weighted by molar-refractivity contribution is 7.99. The predicted octanol–water partition coefficient (Wildman–Crippen LogP) is 5.28. The molecule has 0 radical (unpaired) electrons. The van der Waals surface area contributed by atoms with Crippen LogP contribution in [0, 0.1) is 5.92 Å². The van der Waals surface area contributed by atoms with Crippen LogP contribution in [0.2, 0.25) is 0 Å². The number of ketones is 2. The summed E-state index contributed by atoms with van der Waals surface area (Å²) in [5, 5.41) is 0.481. The van der Waals surface area contributed by atoms with Gasteiger partial charge in [-0.15, -0.1) is 11.8 Å². The lowest BCUT2D eigenvalue weighted by Gasteiger charge is -2.24. The SMILES string of the molecule is CC=CCONC(CCC)=C1C(=O)CC(CCSc2ccc(C(F)(F)F)cn2)CC1=O. The molecule has 5 nitrogen and oxygen atoms in total. The van der Waals surface area contributed by atoms with Crippen molar-refractivity contribution in [3.8, 4) is 0 Å². The number of nitrogens with zero attached hydrogens (tertiary/aromatic N) is 1. The number of carbonyl (C=O) groups is 2. The third-order valence-corrected chi connectivity index (χ3v) is 5.74. The van der Waals surface area contributed by atoms with E-state index in [9.17, 15) is 22.8 Å². The monoisotopic (exact) mass is 456 g/mol. The molecule has 0 aliphatic heterocycles. The number of carbonyl (C=O) groups excluding carboxylic acids is 2. The summed E-state index contributed by atoms with van der Waals surface area (Å²) in [7, 11) is 0. The van der Waals surface area contributed by atoms with Crippen LogP contribution in [-0.2, 0) is 20.6 Å². The van der Waals surface area contributed by atoms with E-state index in [4.69, 9.17) is 4.84 Å². The number of allylic oxidation sites excluding steroid dienone is 3. The minimum Gasteiger partial charge on any atom is -0.294 e. The molecule has 1 saturated carbocycles.